The zero-order valence-electron chi connectivity index (χ0n) is 11.2. The second-order valence-corrected chi connectivity index (χ2v) is 5.50. The molecule has 3 N–H and O–H groups in total. The minimum atomic E-state index is -0.0962. The zero-order valence-corrected chi connectivity index (χ0v) is 11.2. The number of phenols is 1. The molecule has 0 saturated carbocycles. The fraction of sp³-hybridized carbons (Fsp3) is 0.571. The molecule has 0 heterocycles. The van der Waals surface area contributed by atoms with Crippen molar-refractivity contribution in [2.75, 3.05) is 13.2 Å². The second-order valence-electron chi connectivity index (χ2n) is 5.50. The van der Waals surface area contributed by atoms with E-state index in [1.807, 2.05) is 39.8 Å². The number of aromatic hydroxyl groups is 1. The Morgan fingerprint density at radius 3 is 2.18 bits per heavy atom. The molecule has 0 fully saturated rings. The van der Waals surface area contributed by atoms with Crippen molar-refractivity contribution in [3.8, 4) is 5.75 Å². The first-order valence-electron chi connectivity index (χ1n) is 5.96. The molecule has 0 unspecified atom stereocenters. The molecule has 0 atom stereocenters. The van der Waals surface area contributed by atoms with Crippen molar-refractivity contribution in [1.82, 2.24) is 5.32 Å². The monoisotopic (exact) mass is 237 g/mol. The molecule has 0 saturated heterocycles. The summed E-state index contributed by atoms with van der Waals surface area (Å²) in [6.07, 6.45) is 0. The molecule has 17 heavy (non-hydrogen) atoms. The summed E-state index contributed by atoms with van der Waals surface area (Å²) >= 11 is 0. The van der Waals surface area contributed by atoms with Gasteiger partial charge in [-0.1, -0.05) is 26.0 Å². The number of benzene rings is 1. The van der Waals surface area contributed by atoms with Gasteiger partial charge in [0.05, 0.1) is 0 Å². The van der Waals surface area contributed by atoms with Gasteiger partial charge in [0.25, 0.3) is 0 Å². The van der Waals surface area contributed by atoms with Crippen LogP contribution in [0.2, 0.25) is 0 Å². The maximum atomic E-state index is 9.67. The van der Waals surface area contributed by atoms with E-state index in [4.69, 9.17) is 5.11 Å². The van der Waals surface area contributed by atoms with Crippen LogP contribution in [-0.4, -0.2) is 23.4 Å². The first kappa shape index (κ1) is 14.0. The highest BCUT2D eigenvalue weighted by molar-refractivity contribution is 5.42. The van der Waals surface area contributed by atoms with Crippen LogP contribution in [0.5, 0.6) is 5.75 Å². The van der Waals surface area contributed by atoms with Gasteiger partial charge in [0.15, 0.2) is 0 Å². The first-order chi connectivity index (χ1) is 7.85. The van der Waals surface area contributed by atoms with Crippen LogP contribution in [0.4, 0.5) is 0 Å². The summed E-state index contributed by atoms with van der Waals surface area (Å²) < 4.78 is 0. The van der Waals surface area contributed by atoms with Gasteiger partial charge in [-0.05, 0) is 30.5 Å². The maximum absolute atomic E-state index is 9.67. The number of phenolic OH excluding ortho intramolecular Hbond substituents is 1. The van der Waals surface area contributed by atoms with Crippen molar-refractivity contribution < 1.29 is 10.2 Å². The van der Waals surface area contributed by atoms with Crippen LogP contribution in [0.3, 0.4) is 0 Å². The number of aliphatic hydroxyl groups excluding tert-OH is 1. The SMILES string of the molecule is Cc1cc(CNCC(C)(C)CO)cc(C)c1O. The van der Waals surface area contributed by atoms with Gasteiger partial charge in [-0.25, -0.2) is 0 Å². The zero-order chi connectivity index (χ0) is 13.1. The van der Waals surface area contributed by atoms with Crippen LogP contribution in [-0.2, 0) is 6.54 Å². The summed E-state index contributed by atoms with van der Waals surface area (Å²) in [5, 5.41) is 22.1. The van der Waals surface area contributed by atoms with E-state index in [1.54, 1.807) is 0 Å². The number of aliphatic hydroxyl groups is 1. The summed E-state index contributed by atoms with van der Waals surface area (Å²) in [6.45, 7) is 9.55. The Kier molecular flexibility index (Phi) is 4.54. The van der Waals surface area contributed by atoms with Crippen molar-refractivity contribution in [3.63, 3.8) is 0 Å². The van der Waals surface area contributed by atoms with Crippen molar-refractivity contribution in [3.05, 3.63) is 28.8 Å². The predicted molar refractivity (Wildman–Crippen MR) is 70.2 cm³/mol. The van der Waals surface area contributed by atoms with E-state index < -0.39 is 0 Å². The third-order valence-electron chi connectivity index (χ3n) is 2.91. The van der Waals surface area contributed by atoms with E-state index in [9.17, 15) is 5.11 Å². The molecule has 0 spiro atoms. The molecule has 0 aliphatic carbocycles. The third kappa shape index (κ3) is 4.02. The van der Waals surface area contributed by atoms with Gasteiger partial charge < -0.3 is 15.5 Å². The molecule has 1 aromatic carbocycles. The lowest BCUT2D eigenvalue weighted by Crippen LogP contribution is -2.31. The average molecular weight is 237 g/mol. The largest absolute Gasteiger partial charge is 0.507 e. The smallest absolute Gasteiger partial charge is 0.121 e. The van der Waals surface area contributed by atoms with Crippen molar-refractivity contribution in [1.29, 1.82) is 0 Å². The van der Waals surface area contributed by atoms with Crippen LogP contribution < -0.4 is 5.32 Å². The van der Waals surface area contributed by atoms with E-state index in [0.717, 1.165) is 29.8 Å². The van der Waals surface area contributed by atoms with Crippen molar-refractivity contribution in [2.45, 2.75) is 34.2 Å². The normalized spacial score (nSPS) is 11.8. The van der Waals surface area contributed by atoms with Crippen molar-refractivity contribution >= 4 is 0 Å². The van der Waals surface area contributed by atoms with Gasteiger partial charge in [0.1, 0.15) is 5.75 Å². The Hall–Kier alpha value is -1.06. The predicted octanol–water partition coefficient (Wildman–Crippen LogP) is 2.12. The summed E-state index contributed by atoms with van der Waals surface area (Å²) in [5.74, 6) is 0.379. The summed E-state index contributed by atoms with van der Waals surface area (Å²) in [6, 6.07) is 3.97. The second kappa shape index (κ2) is 5.52. The molecule has 1 aromatic rings. The third-order valence-corrected chi connectivity index (χ3v) is 2.91. The molecular formula is C14H23NO2. The minimum absolute atomic E-state index is 0.0962. The molecule has 0 aromatic heterocycles. The van der Waals surface area contributed by atoms with Gasteiger partial charge in [0.2, 0.25) is 0 Å². The topological polar surface area (TPSA) is 52.5 Å². The lowest BCUT2D eigenvalue weighted by molar-refractivity contribution is 0.156. The van der Waals surface area contributed by atoms with E-state index in [1.165, 1.54) is 0 Å². The van der Waals surface area contributed by atoms with Gasteiger partial charge in [0, 0.05) is 25.1 Å². The Balaban J connectivity index is 2.59. The molecule has 0 radical (unpaired) electrons. The Labute approximate surface area is 103 Å². The first-order valence-corrected chi connectivity index (χ1v) is 5.96. The molecule has 96 valence electrons. The minimum Gasteiger partial charge on any atom is -0.507 e. The van der Waals surface area contributed by atoms with Crippen molar-refractivity contribution in [2.24, 2.45) is 5.41 Å². The van der Waals surface area contributed by atoms with E-state index in [-0.39, 0.29) is 12.0 Å². The lowest BCUT2D eigenvalue weighted by Gasteiger charge is -2.22. The number of rotatable bonds is 5. The molecule has 0 bridgehead atoms. The summed E-state index contributed by atoms with van der Waals surface area (Å²) in [7, 11) is 0. The molecule has 3 heteroatoms. The van der Waals surface area contributed by atoms with Crippen LogP contribution in [0.25, 0.3) is 0 Å². The highest BCUT2D eigenvalue weighted by atomic mass is 16.3. The van der Waals surface area contributed by atoms with Gasteiger partial charge >= 0.3 is 0 Å². The summed E-state index contributed by atoms with van der Waals surface area (Å²) in [4.78, 5) is 0. The number of aryl methyl sites for hydroxylation is 2. The maximum Gasteiger partial charge on any atom is 0.121 e. The summed E-state index contributed by atoms with van der Waals surface area (Å²) in [5.41, 5.74) is 2.87. The molecule has 1 rings (SSSR count). The number of hydrogen-bond donors (Lipinski definition) is 3. The van der Waals surface area contributed by atoms with Crippen LogP contribution in [0.15, 0.2) is 12.1 Å². The molecular weight excluding hydrogens is 214 g/mol. The molecule has 3 nitrogen and oxygen atoms in total. The number of hydrogen-bond acceptors (Lipinski definition) is 3. The Bertz CT molecular complexity index is 363. The number of nitrogens with one attached hydrogen (secondary N) is 1. The Morgan fingerprint density at radius 2 is 1.71 bits per heavy atom. The van der Waals surface area contributed by atoms with Crippen LogP contribution in [0, 0.1) is 19.3 Å². The average Bonchev–Trinajstić information content (AvgIpc) is 2.25. The van der Waals surface area contributed by atoms with Gasteiger partial charge in [-0.3, -0.25) is 0 Å². The fourth-order valence-corrected chi connectivity index (χ4v) is 1.75. The van der Waals surface area contributed by atoms with E-state index in [0.29, 0.717) is 5.75 Å². The van der Waals surface area contributed by atoms with E-state index >= 15 is 0 Å². The van der Waals surface area contributed by atoms with Crippen LogP contribution in [0.1, 0.15) is 30.5 Å². The quantitative estimate of drug-likeness (QED) is 0.735. The van der Waals surface area contributed by atoms with Gasteiger partial charge in [-0.2, -0.15) is 0 Å². The van der Waals surface area contributed by atoms with E-state index in [2.05, 4.69) is 5.32 Å². The molecule has 0 aliphatic heterocycles. The van der Waals surface area contributed by atoms with Gasteiger partial charge in [-0.15, -0.1) is 0 Å². The highest BCUT2D eigenvalue weighted by Crippen LogP contribution is 2.22. The lowest BCUT2D eigenvalue weighted by atomic mass is 9.95. The highest BCUT2D eigenvalue weighted by Gasteiger charge is 2.15. The van der Waals surface area contributed by atoms with Crippen LogP contribution >= 0.6 is 0 Å². The molecule has 0 amide bonds. The fourth-order valence-electron chi connectivity index (χ4n) is 1.75. The molecule has 0 aliphatic rings. The Morgan fingerprint density at radius 1 is 1.18 bits per heavy atom. The standard InChI is InChI=1S/C14H23NO2/c1-10-5-12(6-11(2)13(10)17)7-15-8-14(3,4)9-16/h5-6,15-17H,7-9H2,1-4H3.